The average molecular weight is 225 g/mol. The lowest BCUT2D eigenvalue weighted by molar-refractivity contribution is -0.122. The van der Waals surface area contributed by atoms with Gasteiger partial charge in [0.1, 0.15) is 0 Å². The van der Waals surface area contributed by atoms with Gasteiger partial charge in [0.2, 0.25) is 5.91 Å². The van der Waals surface area contributed by atoms with Gasteiger partial charge in [0.25, 0.3) is 0 Å². The first kappa shape index (κ1) is 11.9. The number of amides is 1. The van der Waals surface area contributed by atoms with Gasteiger partial charge in [0.15, 0.2) is 0 Å². The van der Waals surface area contributed by atoms with E-state index in [1.807, 2.05) is 0 Å². The van der Waals surface area contributed by atoms with Crippen molar-refractivity contribution in [3.8, 4) is 0 Å². The summed E-state index contributed by atoms with van der Waals surface area (Å²) in [5.74, 6) is 0.746. The van der Waals surface area contributed by atoms with Crippen molar-refractivity contribution in [1.82, 2.24) is 10.2 Å². The standard InChI is InChI=1S/C12H23N3O/c1-2-9-7-15(6-5-11(9)13)8-12(16)14-10-3-4-10/h9-11H,2-8,13H2,1H3,(H,14,16). The Morgan fingerprint density at radius 2 is 2.19 bits per heavy atom. The van der Waals surface area contributed by atoms with Gasteiger partial charge in [-0.25, -0.2) is 0 Å². The van der Waals surface area contributed by atoms with Gasteiger partial charge in [-0.1, -0.05) is 13.3 Å². The molecule has 4 nitrogen and oxygen atoms in total. The molecule has 0 aromatic carbocycles. The topological polar surface area (TPSA) is 58.4 Å². The van der Waals surface area contributed by atoms with E-state index in [1.54, 1.807) is 0 Å². The molecule has 16 heavy (non-hydrogen) atoms. The molecular formula is C12H23N3O. The van der Waals surface area contributed by atoms with E-state index in [4.69, 9.17) is 5.73 Å². The van der Waals surface area contributed by atoms with Crippen LogP contribution in [-0.2, 0) is 4.79 Å². The van der Waals surface area contributed by atoms with Crippen molar-refractivity contribution < 1.29 is 4.79 Å². The molecule has 0 aromatic heterocycles. The van der Waals surface area contributed by atoms with Crippen LogP contribution in [0.5, 0.6) is 0 Å². The number of carbonyl (C=O) groups is 1. The van der Waals surface area contributed by atoms with Gasteiger partial charge in [0.05, 0.1) is 6.54 Å². The second-order valence-corrected chi connectivity index (χ2v) is 5.20. The predicted molar refractivity (Wildman–Crippen MR) is 64.0 cm³/mol. The molecule has 2 aliphatic rings. The molecular weight excluding hydrogens is 202 g/mol. The normalized spacial score (nSPS) is 31.4. The fraction of sp³-hybridized carbons (Fsp3) is 0.917. The molecule has 3 N–H and O–H groups in total. The number of piperidine rings is 1. The smallest absolute Gasteiger partial charge is 0.234 e. The molecule has 1 saturated carbocycles. The number of nitrogens with two attached hydrogens (primary N) is 1. The zero-order chi connectivity index (χ0) is 11.5. The van der Waals surface area contributed by atoms with Crippen LogP contribution in [0.25, 0.3) is 0 Å². The lowest BCUT2D eigenvalue weighted by Crippen LogP contribution is -2.49. The SMILES string of the molecule is CCC1CN(CC(=O)NC2CC2)CCC1N. The highest BCUT2D eigenvalue weighted by Crippen LogP contribution is 2.20. The first-order valence-corrected chi connectivity index (χ1v) is 6.46. The number of hydrogen-bond acceptors (Lipinski definition) is 3. The Labute approximate surface area is 97.6 Å². The molecule has 1 aliphatic carbocycles. The van der Waals surface area contributed by atoms with Crippen LogP contribution in [-0.4, -0.2) is 42.5 Å². The van der Waals surface area contributed by atoms with E-state index >= 15 is 0 Å². The van der Waals surface area contributed by atoms with Gasteiger partial charge in [-0.15, -0.1) is 0 Å². The molecule has 1 heterocycles. The van der Waals surface area contributed by atoms with E-state index in [-0.39, 0.29) is 5.91 Å². The minimum Gasteiger partial charge on any atom is -0.352 e. The van der Waals surface area contributed by atoms with Crippen molar-refractivity contribution in [2.75, 3.05) is 19.6 Å². The van der Waals surface area contributed by atoms with Crippen molar-refractivity contribution >= 4 is 5.91 Å². The lowest BCUT2D eigenvalue weighted by Gasteiger charge is -2.36. The van der Waals surface area contributed by atoms with Gasteiger partial charge < -0.3 is 11.1 Å². The minimum absolute atomic E-state index is 0.188. The largest absolute Gasteiger partial charge is 0.352 e. The number of nitrogens with one attached hydrogen (secondary N) is 1. The summed E-state index contributed by atoms with van der Waals surface area (Å²) in [7, 11) is 0. The van der Waals surface area contributed by atoms with E-state index in [0.29, 0.717) is 24.5 Å². The third kappa shape index (κ3) is 3.19. The second kappa shape index (κ2) is 5.15. The van der Waals surface area contributed by atoms with E-state index in [0.717, 1.165) is 38.8 Å². The van der Waals surface area contributed by atoms with Crippen LogP contribution in [0.15, 0.2) is 0 Å². The third-order valence-corrected chi connectivity index (χ3v) is 3.71. The van der Waals surface area contributed by atoms with E-state index in [9.17, 15) is 4.79 Å². The Balaban J connectivity index is 1.74. The van der Waals surface area contributed by atoms with Crippen molar-refractivity contribution in [2.24, 2.45) is 11.7 Å². The molecule has 0 bridgehead atoms. The van der Waals surface area contributed by atoms with Crippen molar-refractivity contribution in [1.29, 1.82) is 0 Å². The van der Waals surface area contributed by atoms with Crippen molar-refractivity contribution in [2.45, 2.75) is 44.7 Å². The van der Waals surface area contributed by atoms with E-state index in [2.05, 4.69) is 17.1 Å². The molecule has 2 fully saturated rings. The Morgan fingerprint density at radius 3 is 2.81 bits per heavy atom. The van der Waals surface area contributed by atoms with Gasteiger partial charge in [-0.05, 0) is 25.2 Å². The molecule has 1 aliphatic heterocycles. The summed E-state index contributed by atoms with van der Waals surface area (Å²) in [6, 6.07) is 0.800. The van der Waals surface area contributed by atoms with Crippen molar-refractivity contribution in [3.63, 3.8) is 0 Å². The molecule has 2 atom stereocenters. The Kier molecular flexibility index (Phi) is 3.82. The molecule has 1 saturated heterocycles. The van der Waals surface area contributed by atoms with Gasteiger partial charge in [-0.2, -0.15) is 0 Å². The molecule has 92 valence electrons. The average Bonchev–Trinajstić information content (AvgIpc) is 3.04. The number of rotatable bonds is 4. The minimum atomic E-state index is 0.188. The maximum absolute atomic E-state index is 11.7. The summed E-state index contributed by atoms with van der Waals surface area (Å²) in [5, 5.41) is 3.03. The molecule has 0 radical (unpaired) electrons. The van der Waals surface area contributed by atoms with E-state index < -0.39 is 0 Å². The quantitative estimate of drug-likeness (QED) is 0.724. The molecule has 4 heteroatoms. The first-order valence-electron chi connectivity index (χ1n) is 6.46. The van der Waals surface area contributed by atoms with Gasteiger partial charge >= 0.3 is 0 Å². The highest BCUT2D eigenvalue weighted by molar-refractivity contribution is 5.78. The van der Waals surface area contributed by atoms with Crippen LogP contribution >= 0.6 is 0 Å². The fourth-order valence-corrected chi connectivity index (χ4v) is 2.41. The highest BCUT2D eigenvalue weighted by atomic mass is 16.2. The summed E-state index contributed by atoms with van der Waals surface area (Å²) >= 11 is 0. The van der Waals surface area contributed by atoms with Crippen LogP contribution in [0.3, 0.4) is 0 Å². The Hall–Kier alpha value is -0.610. The van der Waals surface area contributed by atoms with Crippen molar-refractivity contribution in [3.05, 3.63) is 0 Å². The zero-order valence-corrected chi connectivity index (χ0v) is 10.1. The van der Waals surface area contributed by atoms with Crippen LogP contribution in [0.4, 0.5) is 0 Å². The highest BCUT2D eigenvalue weighted by Gasteiger charge is 2.28. The zero-order valence-electron chi connectivity index (χ0n) is 10.1. The summed E-state index contributed by atoms with van der Waals surface area (Å²) in [6.45, 7) is 4.68. The molecule has 2 unspecified atom stereocenters. The van der Waals surface area contributed by atoms with Crippen LogP contribution in [0, 0.1) is 5.92 Å². The van der Waals surface area contributed by atoms with Crippen LogP contribution in [0.1, 0.15) is 32.6 Å². The maximum Gasteiger partial charge on any atom is 0.234 e. The number of hydrogen-bond donors (Lipinski definition) is 2. The summed E-state index contributed by atoms with van der Waals surface area (Å²) in [5.41, 5.74) is 6.05. The predicted octanol–water partition coefficient (Wildman–Crippen LogP) is 0.324. The number of likely N-dealkylation sites (tertiary alicyclic amines) is 1. The monoisotopic (exact) mass is 225 g/mol. The molecule has 1 amide bonds. The summed E-state index contributed by atoms with van der Waals surface area (Å²) < 4.78 is 0. The number of carbonyl (C=O) groups excluding carboxylic acids is 1. The van der Waals surface area contributed by atoms with Gasteiger partial charge in [-0.3, -0.25) is 9.69 Å². The second-order valence-electron chi connectivity index (χ2n) is 5.20. The van der Waals surface area contributed by atoms with Crippen LogP contribution < -0.4 is 11.1 Å². The summed E-state index contributed by atoms with van der Waals surface area (Å²) in [4.78, 5) is 13.9. The Morgan fingerprint density at radius 1 is 1.44 bits per heavy atom. The van der Waals surface area contributed by atoms with Gasteiger partial charge in [0, 0.05) is 25.2 Å². The maximum atomic E-state index is 11.7. The Bertz CT molecular complexity index is 253. The van der Waals surface area contributed by atoms with Crippen LogP contribution in [0.2, 0.25) is 0 Å². The summed E-state index contributed by atoms with van der Waals surface area (Å²) in [6.07, 6.45) is 4.46. The van der Waals surface area contributed by atoms with E-state index in [1.165, 1.54) is 0 Å². The number of nitrogens with zero attached hydrogens (tertiary/aromatic N) is 1. The fourth-order valence-electron chi connectivity index (χ4n) is 2.41. The molecule has 0 spiro atoms. The molecule has 0 aromatic rings. The first-order chi connectivity index (χ1) is 7.69. The lowest BCUT2D eigenvalue weighted by atomic mass is 9.91. The molecule has 2 rings (SSSR count). The third-order valence-electron chi connectivity index (χ3n) is 3.71.